The third-order valence-corrected chi connectivity index (χ3v) is 4.38. The molecule has 1 aliphatic rings. The van der Waals surface area contributed by atoms with Crippen molar-refractivity contribution >= 4 is 35.1 Å². The minimum absolute atomic E-state index is 0.313. The van der Waals surface area contributed by atoms with Crippen molar-refractivity contribution in [2.75, 3.05) is 36.4 Å². The maximum absolute atomic E-state index is 12.2. The van der Waals surface area contributed by atoms with E-state index in [0.717, 1.165) is 5.69 Å². The van der Waals surface area contributed by atoms with Crippen LogP contribution in [0, 0.1) is 11.3 Å². The molecule has 0 saturated carbocycles. The van der Waals surface area contributed by atoms with Gasteiger partial charge in [-0.1, -0.05) is 11.6 Å². The molecular formula is C20H23ClN6O2. The third kappa shape index (κ3) is 5.72. The van der Waals surface area contributed by atoms with Crippen LogP contribution in [0.4, 0.5) is 22.2 Å². The summed E-state index contributed by atoms with van der Waals surface area (Å²) in [5.74, 6) is 1.05. The number of hydrogen-bond donors (Lipinski definition) is 1. The van der Waals surface area contributed by atoms with E-state index in [1.54, 1.807) is 35.2 Å². The van der Waals surface area contributed by atoms with E-state index < -0.39 is 5.60 Å². The first-order valence-corrected chi connectivity index (χ1v) is 9.66. The van der Waals surface area contributed by atoms with Crippen LogP contribution in [0.2, 0.25) is 5.15 Å². The van der Waals surface area contributed by atoms with Gasteiger partial charge in [0.15, 0.2) is 0 Å². The summed E-state index contributed by atoms with van der Waals surface area (Å²) in [5.41, 5.74) is 0.857. The van der Waals surface area contributed by atoms with Gasteiger partial charge in [0, 0.05) is 37.9 Å². The molecule has 0 bridgehead atoms. The molecule has 3 rings (SSSR count). The zero-order chi connectivity index (χ0) is 21.0. The molecule has 152 valence electrons. The van der Waals surface area contributed by atoms with Crippen molar-refractivity contribution in [2.24, 2.45) is 0 Å². The Kier molecular flexibility index (Phi) is 6.09. The average Bonchev–Trinajstić information content (AvgIpc) is 2.67. The number of halogens is 1. The molecule has 9 heteroatoms. The molecule has 0 spiro atoms. The highest BCUT2D eigenvalue weighted by Gasteiger charge is 2.27. The minimum Gasteiger partial charge on any atom is -0.444 e. The van der Waals surface area contributed by atoms with Gasteiger partial charge < -0.3 is 19.9 Å². The zero-order valence-corrected chi connectivity index (χ0v) is 17.4. The van der Waals surface area contributed by atoms with Crippen LogP contribution in [0.1, 0.15) is 26.3 Å². The maximum atomic E-state index is 12.2. The Hall–Kier alpha value is -3.05. The molecule has 1 fully saturated rings. The van der Waals surface area contributed by atoms with E-state index >= 15 is 0 Å². The van der Waals surface area contributed by atoms with Crippen LogP contribution in [-0.4, -0.2) is 52.7 Å². The number of ether oxygens (including phenoxy) is 1. The Morgan fingerprint density at radius 3 is 2.41 bits per heavy atom. The van der Waals surface area contributed by atoms with Gasteiger partial charge in [-0.3, -0.25) is 0 Å². The van der Waals surface area contributed by atoms with Crippen LogP contribution in [0.25, 0.3) is 0 Å². The molecular weight excluding hydrogens is 392 g/mol. The van der Waals surface area contributed by atoms with E-state index in [2.05, 4.69) is 21.4 Å². The SMILES string of the molecule is CC(C)(C)OC(=O)N1CCN(c2nc(Cl)cc(Nc3ccc(C#N)cc3)n2)CC1. The molecule has 0 aliphatic carbocycles. The van der Waals surface area contributed by atoms with E-state index in [-0.39, 0.29) is 6.09 Å². The monoisotopic (exact) mass is 414 g/mol. The Morgan fingerprint density at radius 2 is 1.83 bits per heavy atom. The van der Waals surface area contributed by atoms with Gasteiger partial charge in [-0.05, 0) is 45.0 Å². The van der Waals surface area contributed by atoms with Crippen molar-refractivity contribution in [1.82, 2.24) is 14.9 Å². The molecule has 1 amide bonds. The number of hydrogen-bond acceptors (Lipinski definition) is 7. The van der Waals surface area contributed by atoms with E-state index in [4.69, 9.17) is 21.6 Å². The average molecular weight is 415 g/mol. The Balaban J connectivity index is 1.66. The number of aromatic nitrogens is 2. The molecule has 2 aromatic rings. The third-order valence-electron chi connectivity index (χ3n) is 4.18. The number of carbonyl (C=O) groups is 1. The number of carbonyl (C=O) groups excluding carboxylic acids is 1. The van der Waals surface area contributed by atoms with Crippen LogP contribution < -0.4 is 10.2 Å². The van der Waals surface area contributed by atoms with Gasteiger partial charge in [-0.25, -0.2) is 9.78 Å². The lowest BCUT2D eigenvalue weighted by molar-refractivity contribution is 0.0240. The largest absolute Gasteiger partial charge is 0.444 e. The van der Waals surface area contributed by atoms with Crippen LogP contribution in [0.15, 0.2) is 30.3 Å². The molecule has 0 unspecified atom stereocenters. The zero-order valence-electron chi connectivity index (χ0n) is 16.6. The second kappa shape index (κ2) is 8.53. The quantitative estimate of drug-likeness (QED) is 0.763. The number of benzene rings is 1. The van der Waals surface area contributed by atoms with Gasteiger partial charge in [-0.15, -0.1) is 0 Å². The van der Waals surface area contributed by atoms with Crippen LogP contribution >= 0.6 is 11.6 Å². The molecule has 1 saturated heterocycles. The molecule has 1 aromatic heterocycles. The highest BCUT2D eigenvalue weighted by molar-refractivity contribution is 6.29. The van der Waals surface area contributed by atoms with E-state index in [1.165, 1.54) is 0 Å². The fourth-order valence-electron chi connectivity index (χ4n) is 2.80. The number of nitrogens with zero attached hydrogens (tertiary/aromatic N) is 5. The van der Waals surface area contributed by atoms with Crippen molar-refractivity contribution in [3.8, 4) is 6.07 Å². The van der Waals surface area contributed by atoms with Crippen molar-refractivity contribution in [2.45, 2.75) is 26.4 Å². The van der Waals surface area contributed by atoms with Crippen LogP contribution in [0.3, 0.4) is 0 Å². The molecule has 0 radical (unpaired) electrons. The van der Waals surface area contributed by atoms with Crippen LogP contribution in [-0.2, 0) is 4.74 Å². The van der Waals surface area contributed by atoms with E-state index in [9.17, 15) is 4.79 Å². The predicted octanol–water partition coefficient (Wildman–Crippen LogP) is 3.80. The summed E-state index contributed by atoms with van der Waals surface area (Å²) in [7, 11) is 0. The van der Waals surface area contributed by atoms with E-state index in [0.29, 0.717) is 48.7 Å². The first kappa shape index (κ1) is 20.7. The summed E-state index contributed by atoms with van der Waals surface area (Å²) in [6.45, 7) is 7.74. The summed E-state index contributed by atoms with van der Waals surface area (Å²) < 4.78 is 5.43. The van der Waals surface area contributed by atoms with Crippen molar-refractivity contribution in [3.05, 3.63) is 41.0 Å². The summed E-state index contributed by atoms with van der Waals surface area (Å²) in [4.78, 5) is 24.7. The summed E-state index contributed by atoms with van der Waals surface area (Å²) in [5, 5.41) is 12.4. The van der Waals surface area contributed by atoms with Crippen molar-refractivity contribution in [1.29, 1.82) is 5.26 Å². The Bertz CT molecular complexity index is 912. The number of piperazine rings is 1. The first-order chi connectivity index (χ1) is 13.7. The summed E-state index contributed by atoms with van der Waals surface area (Å²) in [6, 6.07) is 10.8. The van der Waals surface area contributed by atoms with E-state index in [1.807, 2.05) is 25.7 Å². The maximum Gasteiger partial charge on any atom is 0.410 e. The molecule has 0 atom stereocenters. The smallest absolute Gasteiger partial charge is 0.410 e. The van der Waals surface area contributed by atoms with Gasteiger partial charge in [0.1, 0.15) is 16.6 Å². The molecule has 29 heavy (non-hydrogen) atoms. The lowest BCUT2D eigenvalue weighted by Crippen LogP contribution is -2.50. The van der Waals surface area contributed by atoms with Gasteiger partial charge in [0.25, 0.3) is 0 Å². The fraction of sp³-hybridized carbons (Fsp3) is 0.400. The minimum atomic E-state index is -0.518. The number of nitrogens with one attached hydrogen (secondary N) is 1. The first-order valence-electron chi connectivity index (χ1n) is 9.28. The second-order valence-electron chi connectivity index (χ2n) is 7.64. The standard InChI is InChI=1S/C20H23ClN6O2/c1-20(2,3)29-19(28)27-10-8-26(9-11-27)18-24-16(21)12-17(25-18)23-15-6-4-14(13-22)5-7-15/h4-7,12H,8-11H2,1-3H3,(H,23,24,25). The lowest BCUT2D eigenvalue weighted by Gasteiger charge is -2.35. The normalized spacial score (nSPS) is 14.3. The molecule has 1 aromatic carbocycles. The second-order valence-corrected chi connectivity index (χ2v) is 8.03. The molecule has 8 nitrogen and oxygen atoms in total. The predicted molar refractivity (Wildman–Crippen MR) is 112 cm³/mol. The number of anilines is 3. The van der Waals surface area contributed by atoms with Gasteiger partial charge in [0.05, 0.1) is 11.6 Å². The summed E-state index contributed by atoms with van der Waals surface area (Å²) >= 11 is 6.19. The van der Waals surface area contributed by atoms with Crippen molar-refractivity contribution < 1.29 is 9.53 Å². The van der Waals surface area contributed by atoms with Gasteiger partial charge in [-0.2, -0.15) is 10.2 Å². The molecule has 2 heterocycles. The number of rotatable bonds is 3. The van der Waals surface area contributed by atoms with Gasteiger partial charge >= 0.3 is 6.09 Å². The molecule has 1 aliphatic heterocycles. The van der Waals surface area contributed by atoms with Crippen molar-refractivity contribution in [3.63, 3.8) is 0 Å². The molecule has 1 N–H and O–H groups in total. The fourth-order valence-corrected chi connectivity index (χ4v) is 2.98. The number of amides is 1. The highest BCUT2D eigenvalue weighted by atomic mass is 35.5. The topological polar surface area (TPSA) is 94.4 Å². The number of nitriles is 1. The Labute approximate surface area is 175 Å². The van der Waals surface area contributed by atoms with Crippen LogP contribution in [0.5, 0.6) is 0 Å². The Morgan fingerprint density at radius 1 is 1.17 bits per heavy atom. The highest BCUT2D eigenvalue weighted by Crippen LogP contribution is 2.22. The van der Waals surface area contributed by atoms with Gasteiger partial charge in [0.2, 0.25) is 5.95 Å². The lowest BCUT2D eigenvalue weighted by atomic mass is 10.2. The summed E-state index contributed by atoms with van der Waals surface area (Å²) in [6.07, 6.45) is -0.313.